The van der Waals surface area contributed by atoms with Gasteiger partial charge in [-0.2, -0.15) is 0 Å². The van der Waals surface area contributed by atoms with Crippen LogP contribution >= 0.6 is 22.9 Å². The highest BCUT2D eigenvalue weighted by molar-refractivity contribution is 7.21. The van der Waals surface area contributed by atoms with Crippen molar-refractivity contribution in [1.82, 2.24) is 5.32 Å². The fourth-order valence-corrected chi connectivity index (χ4v) is 3.19. The van der Waals surface area contributed by atoms with E-state index in [1.807, 2.05) is 0 Å². The molecule has 0 atom stereocenters. The number of carbonyl (C=O) groups is 1. The van der Waals surface area contributed by atoms with Gasteiger partial charge in [0.05, 0.1) is 24.8 Å². The van der Waals surface area contributed by atoms with E-state index in [1.165, 1.54) is 18.2 Å². The van der Waals surface area contributed by atoms with Crippen molar-refractivity contribution < 1.29 is 24.5 Å². The summed E-state index contributed by atoms with van der Waals surface area (Å²) in [7, 11) is 0. The summed E-state index contributed by atoms with van der Waals surface area (Å²) in [6, 6.07) is 3.97. The third kappa shape index (κ3) is 3.02. The Labute approximate surface area is 128 Å². The number of fused-ring (bicyclic) bond motifs is 1. The highest BCUT2D eigenvalue weighted by Crippen LogP contribution is 2.35. The molecule has 4 N–H and O–H groups in total. The molecular weight excluding hydrogens is 321 g/mol. The SMILES string of the molecule is O=C(NC(CO)(CO)CO)c1sc2cc(F)ccc2c1Cl. The minimum absolute atomic E-state index is 0.122. The Bertz CT molecular complexity index is 663. The molecule has 1 aromatic heterocycles. The van der Waals surface area contributed by atoms with E-state index in [1.54, 1.807) is 0 Å². The lowest BCUT2D eigenvalue weighted by Gasteiger charge is -2.28. The lowest BCUT2D eigenvalue weighted by atomic mass is 10.0. The van der Waals surface area contributed by atoms with Crippen molar-refractivity contribution in [2.75, 3.05) is 19.8 Å². The Balaban J connectivity index is 2.37. The van der Waals surface area contributed by atoms with Gasteiger partial charge in [0.2, 0.25) is 0 Å². The first-order valence-corrected chi connectivity index (χ1v) is 7.18. The normalized spacial score (nSPS) is 11.9. The minimum atomic E-state index is -1.54. The van der Waals surface area contributed by atoms with Crippen molar-refractivity contribution in [3.63, 3.8) is 0 Å². The van der Waals surface area contributed by atoms with Gasteiger partial charge in [0, 0.05) is 10.1 Å². The van der Waals surface area contributed by atoms with Crippen LogP contribution in [0.3, 0.4) is 0 Å². The van der Waals surface area contributed by atoms with E-state index >= 15 is 0 Å². The summed E-state index contributed by atoms with van der Waals surface area (Å²) in [5.41, 5.74) is -1.54. The molecule has 5 nitrogen and oxygen atoms in total. The van der Waals surface area contributed by atoms with E-state index in [4.69, 9.17) is 11.6 Å². The molecule has 0 unspecified atom stereocenters. The quantitative estimate of drug-likeness (QED) is 0.660. The monoisotopic (exact) mass is 333 g/mol. The molecule has 0 aliphatic rings. The van der Waals surface area contributed by atoms with Crippen molar-refractivity contribution in [2.24, 2.45) is 0 Å². The molecule has 21 heavy (non-hydrogen) atoms. The molecule has 0 bridgehead atoms. The van der Waals surface area contributed by atoms with Crippen molar-refractivity contribution in [1.29, 1.82) is 0 Å². The second-order valence-corrected chi connectivity index (χ2v) is 6.02. The Kier molecular flexibility index (Phi) is 4.80. The van der Waals surface area contributed by atoms with Gasteiger partial charge >= 0.3 is 0 Å². The molecule has 0 spiro atoms. The lowest BCUT2D eigenvalue weighted by molar-refractivity contribution is 0.0377. The highest BCUT2D eigenvalue weighted by Gasteiger charge is 2.31. The van der Waals surface area contributed by atoms with E-state index in [0.29, 0.717) is 10.1 Å². The number of rotatable bonds is 5. The lowest BCUT2D eigenvalue weighted by Crippen LogP contribution is -2.56. The van der Waals surface area contributed by atoms with Crippen molar-refractivity contribution >= 4 is 38.9 Å². The van der Waals surface area contributed by atoms with E-state index in [0.717, 1.165) is 11.3 Å². The van der Waals surface area contributed by atoms with Crippen LogP contribution in [0, 0.1) is 5.82 Å². The summed E-state index contributed by atoms with van der Waals surface area (Å²) in [5, 5.41) is 30.7. The summed E-state index contributed by atoms with van der Waals surface area (Å²) in [6.07, 6.45) is 0. The Morgan fingerprint density at radius 2 is 1.90 bits per heavy atom. The van der Waals surface area contributed by atoms with Crippen LogP contribution in [-0.2, 0) is 0 Å². The van der Waals surface area contributed by atoms with Crippen LogP contribution in [0.4, 0.5) is 4.39 Å². The van der Waals surface area contributed by atoms with Gasteiger partial charge in [-0.05, 0) is 18.2 Å². The second-order valence-electron chi connectivity index (χ2n) is 4.59. The summed E-state index contributed by atoms with van der Waals surface area (Å²) in [4.78, 5) is 12.3. The zero-order valence-corrected chi connectivity index (χ0v) is 12.3. The zero-order chi connectivity index (χ0) is 15.6. The van der Waals surface area contributed by atoms with Crippen LogP contribution in [0.1, 0.15) is 9.67 Å². The number of hydrogen-bond donors (Lipinski definition) is 4. The van der Waals surface area contributed by atoms with Crippen LogP contribution in [-0.4, -0.2) is 46.6 Å². The summed E-state index contributed by atoms with van der Waals surface area (Å²) in [6.45, 7) is -1.91. The fraction of sp³-hybridized carbons (Fsp3) is 0.308. The first kappa shape index (κ1) is 16.1. The van der Waals surface area contributed by atoms with E-state index in [2.05, 4.69) is 5.32 Å². The maximum absolute atomic E-state index is 13.2. The summed E-state index contributed by atoms with van der Waals surface area (Å²) >= 11 is 7.09. The maximum Gasteiger partial charge on any atom is 0.263 e. The third-order valence-electron chi connectivity index (χ3n) is 3.08. The van der Waals surface area contributed by atoms with Crippen LogP contribution in [0.25, 0.3) is 10.1 Å². The Morgan fingerprint density at radius 3 is 2.48 bits per heavy atom. The van der Waals surface area contributed by atoms with Crippen LogP contribution in [0.5, 0.6) is 0 Å². The zero-order valence-electron chi connectivity index (χ0n) is 10.8. The van der Waals surface area contributed by atoms with Crippen LogP contribution in [0.2, 0.25) is 5.02 Å². The van der Waals surface area contributed by atoms with E-state index in [9.17, 15) is 24.5 Å². The number of thiophene rings is 1. The smallest absolute Gasteiger partial charge is 0.263 e. The van der Waals surface area contributed by atoms with Gasteiger partial charge < -0.3 is 20.6 Å². The number of carbonyl (C=O) groups excluding carboxylic acids is 1. The first-order chi connectivity index (χ1) is 9.96. The molecule has 0 radical (unpaired) electrons. The van der Waals surface area contributed by atoms with Crippen molar-refractivity contribution in [3.8, 4) is 0 Å². The van der Waals surface area contributed by atoms with Gasteiger partial charge in [-0.1, -0.05) is 11.6 Å². The molecule has 0 aliphatic heterocycles. The highest BCUT2D eigenvalue weighted by atomic mass is 35.5. The molecule has 0 fully saturated rings. The molecule has 2 aromatic rings. The average molecular weight is 334 g/mol. The predicted octanol–water partition coefficient (Wildman–Crippen LogP) is 1.14. The molecule has 1 aromatic carbocycles. The molecule has 0 aliphatic carbocycles. The van der Waals surface area contributed by atoms with E-state index < -0.39 is 37.1 Å². The van der Waals surface area contributed by atoms with Crippen LogP contribution in [0.15, 0.2) is 18.2 Å². The van der Waals surface area contributed by atoms with E-state index in [-0.39, 0.29) is 9.90 Å². The molecule has 8 heteroatoms. The summed E-state index contributed by atoms with van der Waals surface area (Å²) < 4.78 is 13.7. The Morgan fingerprint density at radius 1 is 1.29 bits per heavy atom. The number of aliphatic hydroxyl groups is 3. The second kappa shape index (κ2) is 6.25. The number of benzene rings is 1. The first-order valence-electron chi connectivity index (χ1n) is 5.99. The maximum atomic E-state index is 13.2. The third-order valence-corrected chi connectivity index (χ3v) is 4.74. The number of hydrogen-bond acceptors (Lipinski definition) is 5. The van der Waals surface area contributed by atoms with Gasteiger partial charge in [0.1, 0.15) is 16.2 Å². The Hall–Kier alpha value is -1.25. The topological polar surface area (TPSA) is 89.8 Å². The number of aliphatic hydroxyl groups excluding tert-OH is 3. The number of halogens is 2. The standard InChI is InChI=1S/C13H13ClFNO4S/c14-10-8-2-1-7(15)3-9(8)21-11(10)12(20)16-13(4-17,5-18)6-19/h1-3,17-19H,4-6H2,(H,16,20). The molecule has 0 saturated carbocycles. The molecule has 1 amide bonds. The average Bonchev–Trinajstić information content (AvgIpc) is 2.81. The predicted molar refractivity (Wildman–Crippen MR) is 78.2 cm³/mol. The molecule has 0 saturated heterocycles. The van der Waals surface area contributed by atoms with Gasteiger partial charge in [-0.3, -0.25) is 4.79 Å². The van der Waals surface area contributed by atoms with Gasteiger partial charge in [-0.25, -0.2) is 4.39 Å². The van der Waals surface area contributed by atoms with Gasteiger partial charge in [0.15, 0.2) is 0 Å². The largest absolute Gasteiger partial charge is 0.394 e. The summed E-state index contributed by atoms with van der Waals surface area (Å²) in [5.74, 6) is -1.10. The number of amides is 1. The molecule has 2 rings (SSSR count). The number of nitrogens with one attached hydrogen (secondary N) is 1. The van der Waals surface area contributed by atoms with Gasteiger partial charge in [-0.15, -0.1) is 11.3 Å². The molecule has 114 valence electrons. The fourth-order valence-electron chi connectivity index (χ4n) is 1.75. The molecule has 1 heterocycles. The van der Waals surface area contributed by atoms with Crippen LogP contribution < -0.4 is 5.32 Å². The van der Waals surface area contributed by atoms with Crippen molar-refractivity contribution in [3.05, 3.63) is 33.9 Å². The van der Waals surface area contributed by atoms with Gasteiger partial charge in [0.25, 0.3) is 5.91 Å². The molecular formula is C13H13ClFNO4S. The minimum Gasteiger partial charge on any atom is -0.394 e. The van der Waals surface area contributed by atoms with Crippen molar-refractivity contribution in [2.45, 2.75) is 5.54 Å².